The summed E-state index contributed by atoms with van der Waals surface area (Å²) in [7, 11) is 0. The third-order valence-electron chi connectivity index (χ3n) is 2.87. The average molecular weight is 204 g/mol. The molecule has 0 spiro atoms. The van der Waals surface area contributed by atoms with Gasteiger partial charge in [0.25, 0.3) is 0 Å². The normalized spacial score (nSPS) is 12.9. The molecule has 0 aliphatic heterocycles. The highest BCUT2D eigenvalue weighted by atomic mass is 16.1. The first-order valence-corrected chi connectivity index (χ1v) is 5.51. The van der Waals surface area contributed by atoms with Crippen molar-refractivity contribution in [1.29, 1.82) is 0 Å². The van der Waals surface area contributed by atoms with Gasteiger partial charge in [-0.1, -0.05) is 37.6 Å². The Balaban J connectivity index is 3.22. The predicted octanol–water partition coefficient (Wildman–Crippen LogP) is 3.63. The summed E-state index contributed by atoms with van der Waals surface area (Å²) in [5, 5.41) is 0. The molecule has 0 amide bonds. The molecule has 0 saturated carbocycles. The maximum atomic E-state index is 11.6. The van der Waals surface area contributed by atoms with Crippen LogP contribution in [0.1, 0.15) is 43.4 Å². The first kappa shape index (κ1) is 12.0. The van der Waals surface area contributed by atoms with Crippen molar-refractivity contribution >= 4 is 5.78 Å². The third kappa shape index (κ3) is 2.68. The van der Waals surface area contributed by atoms with Gasteiger partial charge in [0.05, 0.1) is 0 Å². The quantitative estimate of drug-likeness (QED) is 0.734. The number of aryl methyl sites for hydroxylation is 2. The minimum atomic E-state index is 0.0462. The molecule has 0 aromatic heterocycles. The second-order valence-electron chi connectivity index (χ2n) is 4.69. The first-order valence-electron chi connectivity index (χ1n) is 5.51. The second-order valence-corrected chi connectivity index (χ2v) is 4.69. The van der Waals surface area contributed by atoms with Crippen LogP contribution >= 0.6 is 0 Å². The van der Waals surface area contributed by atoms with Crippen LogP contribution in [0, 0.1) is 19.8 Å². The molecule has 15 heavy (non-hydrogen) atoms. The van der Waals surface area contributed by atoms with Crippen LogP contribution in [0.15, 0.2) is 18.2 Å². The van der Waals surface area contributed by atoms with Crippen LogP contribution in [0.4, 0.5) is 0 Å². The van der Waals surface area contributed by atoms with Crippen molar-refractivity contribution in [3.63, 3.8) is 0 Å². The van der Waals surface area contributed by atoms with Crippen molar-refractivity contribution in [2.24, 2.45) is 5.92 Å². The molecule has 1 aromatic rings. The predicted molar refractivity (Wildman–Crippen MR) is 64.2 cm³/mol. The van der Waals surface area contributed by atoms with Gasteiger partial charge in [0.15, 0.2) is 0 Å². The molecule has 0 N–H and O–H groups in total. The molecule has 0 saturated heterocycles. The third-order valence-corrected chi connectivity index (χ3v) is 2.87. The van der Waals surface area contributed by atoms with Crippen molar-refractivity contribution in [3.8, 4) is 0 Å². The van der Waals surface area contributed by atoms with Crippen LogP contribution in [0.25, 0.3) is 0 Å². The zero-order valence-electron chi connectivity index (χ0n) is 10.3. The number of rotatable bonds is 3. The topological polar surface area (TPSA) is 17.1 Å². The van der Waals surface area contributed by atoms with E-state index >= 15 is 0 Å². The van der Waals surface area contributed by atoms with E-state index in [1.165, 1.54) is 16.7 Å². The average Bonchev–Trinajstić information content (AvgIpc) is 2.10. The molecule has 82 valence electrons. The smallest absolute Gasteiger partial charge is 0.137 e. The standard InChI is InChI=1S/C14H20O/c1-9(2)14(12(5)15)13-8-10(3)6-7-11(13)4/h6-9,14H,1-5H3. The fourth-order valence-corrected chi connectivity index (χ4v) is 2.14. The van der Waals surface area contributed by atoms with Crippen LogP contribution in [-0.4, -0.2) is 5.78 Å². The molecule has 1 unspecified atom stereocenters. The Bertz CT molecular complexity index is 364. The van der Waals surface area contributed by atoms with Gasteiger partial charge >= 0.3 is 0 Å². The van der Waals surface area contributed by atoms with Gasteiger partial charge in [-0.05, 0) is 37.8 Å². The molecule has 1 heteroatoms. The summed E-state index contributed by atoms with van der Waals surface area (Å²) in [5.41, 5.74) is 3.63. The number of carbonyl (C=O) groups excluding carboxylic acids is 1. The van der Waals surface area contributed by atoms with Crippen LogP contribution in [0.3, 0.4) is 0 Å². The maximum absolute atomic E-state index is 11.6. The zero-order chi connectivity index (χ0) is 11.6. The van der Waals surface area contributed by atoms with E-state index in [0.29, 0.717) is 5.92 Å². The summed E-state index contributed by atoms with van der Waals surface area (Å²) in [6.07, 6.45) is 0. The summed E-state index contributed by atoms with van der Waals surface area (Å²) in [6, 6.07) is 6.33. The molecule has 0 bridgehead atoms. The lowest BCUT2D eigenvalue weighted by Crippen LogP contribution is -2.16. The van der Waals surface area contributed by atoms with Gasteiger partial charge in [-0.15, -0.1) is 0 Å². The van der Waals surface area contributed by atoms with Crippen molar-refractivity contribution < 1.29 is 4.79 Å². The molecule has 0 heterocycles. The van der Waals surface area contributed by atoms with Crippen LogP contribution in [-0.2, 0) is 4.79 Å². The largest absolute Gasteiger partial charge is 0.299 e. The highest BCUT2D eigenvalue weighted by Gasteiger charge is 2.22. The second kappa shape index (κ2) is 4.61. The monoisotopic (exact) mass is 204 g/mol. The summed E-state index contributed by atoms with van der Waals surface area (Å²) in [4.78, 5) is 11.6. The van der Waals surface area contributed by atoms with Gasteiger partial charge in [0.1, 0.15) is 5.78 Å². The van der Waals surface area contributed by atoms with Crippen LogP contribution in [0.5, 0.6) is 0 Å². The number of ketones is 1. The Morgan fingerprint density at radius 1 is 1.20 bits per heavy atom. The van der Waals surface area contributed by atoms with Gasteiger partial charge < -0.3 is 0 Å². The van der Waals surface area contributed by atoms with Crippen molar-refractivity contribution in [2.45, 2.75) is 40.5 Å². The van der Waals surface area contributed by atoms with Gasteiger partial charge in [0.2, 0.25) is 0 Å². The Morgan fingerprint density at radius 2 is 1.80 bits per heavy atom. The van der Waals surface area contributed by atoms with Crippen molar-refractivity contribution in [1.82, 2.24) is 0 Å². The number of Topliss-reactive ketones (excluding diaryl/α,β-unsaturated/α-hetero) is 1. The minimum absolute atomic E-state index is 0.0462. The summed E-state index contributed by atoms with van der Waals surface area (Å²) >= 11 is 0. The lowest BCUT2D eigenvalue weighted by molar-refractivity contribution is -0.119. The van der Waals surface area contributed by atoms with E-state index in [-0.39, 0.29) is 11.7 Å². The molecule has 0 aliphatic rings. The number of carbonyl (C=O) groups is 1. The number of hydrogen-bond acceptors (Lipinski definition) is 1. The highest BCUT2D eigenvalue weighted by molar-refractivity contribution is 5.84. The molecule has 1 aromatic carbocycles. The van der Waals surface area contributed by atoms with Crippen molar-refractivity contribution in [3.05, 3.63) is 34.9 Å². The lowest BCUT2D eigenvalue weighted by atomic mass is 9.83. The van der Waals surface area contributed by atoms with E-state index in [1.807, 2.05) is 0 Å². The van der Waals surface area contributed by atoms with Crippen molar-refractivity contribution in [2.75, 3.05) is 0 Å². The Kier molecular flexibility index (Phi) is 3.67. The van der Waals surface area contributed by atoms with E-state index in [4.69, 9.17) is 0 Å². The molecule has 1 atom stereocenters. The zero-order valence-corrected chi connectivity index (χ0v) is 10.3. The Hall–Kier alpha value is -1.11. The van der Waals surface area contributed by atoms with Gasteiger partial charge in [-0.3, -0.25) is 4.79 Å². The van der Waals surface area contributed by atoms with Gasteiger partial charge in [-0.25, -0.2) is 0 Å². The lowest BCUT2D eigenvalue weighted by Gasteiger charge is -2.20. The summed E-state index contributed by atoms with van der Waals surface area (Å²) in [6.45, 7) is 10.0. The van der Waals surface area contributed by atoms with Gasteiger partial charge in [0, 0.05) is 5.92 Å². The van der Waals surface area contributed by atoms with E-state index in [9.17, 15) is 4.79 Å². The van der Waals surface area contributed by atoms with Crippen LogP contribution < -0.4 is 0 Å². The van der Waals surface area contributed by atoms with E-state index in [1.54, 1.807) is 6.92 Å². The molecular weight excluding hydrogens is 184 g/mol. The fourth-order valence-electron chi connectivity index (χ4n) is 2.14. The van der Waals surface area contributed by atoms with E-state index in [2.05, 4.69) is 45.9 Å². The molecule has 1 rings (SSSR count). The Labute approximate surface area is 92.5 Å². The Morgan fingerprint density at radius 3 is 2.27 bits per heavy atom. The SMILES string of the molecule is CC(=O)C(c1cc(C)ccc1C)C(C)C. The summed E-state index contributed by atoms with van der Waals surface area (Å²) in [5.74, 6) is 0.673. The van der Waals surface area contributed by atoms with Gasteiger partial charge in [-0.2, -0.15) is 0 Å². The molecule has 0 fully saturated rings. The van der Waals surface area contributed by atoms with E-state index in [0.717, 1.165) is 0 Å². The van der Waals surface area contributed by atoms with Crippen LogP contribution in [0.2, 0.25) is 0 Å². The maximum Gasteiger partial charge on any atom is 0.137 e. The molecular formula is C14H20O. The summed E-state index contributed by atoms with van der Waals surface area (Å²) < 4.78 is 0. The highest BCUT2D eigenvalue weighted by Crippen LogP contribution is 2.28. The molecule has 1 nitrogen and oxygen atoms in total. The first-order chi connectivity index (χ1) is 6.93. The molecule has 0 aliphatic carbocycles. The fraction of sp³-hybridized carbons (Fsp3) is 0.500. The minimum Gasteiger partial charge on any atom is -0.299 e. The molecule has 0 radical (unpaired) electrons. The number of benzene rings is 1. The van der Waals surface area contributed by atoms with E-state index < -0.39 is 0 Å². The number of hydrogen-bond donors (Lipinski definition) is 0.